The summed E-state index contributed by atoms with van der Waals surface area (Å²) in [5.74, 6) is 2.42. The molecule has 0 aliphatic heterocycles. The van der Waals surface area contributed by atoms with Crippen LogP contribution in [0.15, 0.2) is 41.7 Å². The number of halogens is 1. The van der Waals surface area contributed by atoms with Crippen molar-refractivity contribution < 1.29 is 0 Å². The van der Waals surface area contributed by atoms with E-state index >= 15 is 0 Å². The number of hydrogen-bond donors (Lipinski definition) is 3. The fraction of sp³-hybridized carbons (Fsp3) is 0.455. The summed E-state index contributed by atoms with van der Waals surface area (Å²) in [5.41, 5.74) is 3.81. The maximum absolute atomic E-state index is 4.73. The number of hydrogen-bond acceptors (Lipinski definition) is 2. The molecular weight excluding hydrogens is 475 g/mol. The number of aromatic amines is 1. The van der Waals surface area contributed by atoms with Crippen LogP contribution in [0.1, 0.15) is 37.9 Å². The number of benzene rings is 1. The molecule has 0 atom stereocenters. The van der Waals surface area contributed by atoms with E-state index in [1.54, 1.807) is 0 Å². The van der Waals surface area contributed by atoms with Crippen molar-refractivity contribution in [1.82, 2.24) is 25.2 Å². The normalized spacial score (nSPS) is 11.7. The zero-order valence-electron chi connectivity index (χ0n) is 17.8. The molecule has 2 heterocycles. The predicted molar refractivity (Wildman–Crippen MR) is 132 cm³/mol. The second-order valence-corrected chi connectivity index (χ2v) is 7.54. The summed E-state index contributed by atoms with van der Waals surface area (Å²) in [7, 11) is 0. The third-order valence-electron chi connectivity index (χ3n) is 4.78. The number of aliphatic imine (C=N–C) groups is 1. The number of nitrogens with zero attached hydrogens (tertiary/aromatic N) is 3. The molecule has 0 aliphatic rings. The zero-order chi connectivity index (χ0) is 19.9. The molecule has 0 unspecified atom stereocenters. The highest BCUT2D eigenvalue weighted by Gasteiger charge is 2.08. The highest BCUT2D eigenvalue weighted by atomic mass is 127. The molecule has 1 aromatic carbocycles. The lowest BCUT2D eigenvalue weighted by Gasteiger charge is -2.12. The molecule has 158 valence electrons. The number of rotatable bonds is 8. The van der Waals surface area contributed by atoms with Crippen LogP contribution in [0.25, 0.3) is 10.9 Å². The van der Waals surface area contributed by atoms with Gasteiger partial charge < -0.3 is 20.2 Å². The SMILES string of the molecule is CCNC(=NCc1nccn1CC(C)C)NCCc1c(C)[nH]c2ccccc12.I. The van der Waals surface area contributed by atoms with Crippen LogP contribution in [-0.2, 0) is 19.5 Å². The van der Waals surface area contributed by atoms with Crippen LogP contribution < -0.4 is 10.6 Å². The summed E-state index contributed by atoms with van der Waals surface area (Å²) in [6, 6.07) is 8.48. The van der Waals surface area contributed by atoms with Gasteiger partial charge in [-0.25, -0.2) is 9.98 Å². The smallest absolute Gasteiger partial charge is 0.191 e. The number of aromatic nitrogens is 3. The molecule has 0 fully saturated rings. The van der Waals surface area contributed by atoms with Crippen LogP contribution in [0.5, 0.6) is 0 Å². The molecular formula is C22H33IN6. The van der Waals surface area contributed by atoms with Crippen molar-refractivity contribution in [2.24, 2.45) is 10.9 Å². The number of para-hydroxylation sites is 1. The van der Waals surface area contributed by atoms with Gasteiger partial charge in [-0.2, -0.15) is 0 Å². The van der Waals surface area contributed by atoms with Crippen LogP contribution in [0.3, 0.4) is 0 Å². The van der Waals surface area contributed by atoms with Crippen LogP contribution in [-0.4, -0.2) is 33.6 Å². The van der Waals surface area contributed by atoms with Gasteiger partial charge in [0.05, 0.1) is 0 Å². The van der Waals surface area contributed by atoms with Gasteiger partial charge in [0.15, 0.2) is 5.96 Å². The van der Waals surface area contributed by atoms with E-state index in [2.05, 4.69) is 77.1 Å². The van der Waals surface area contributed by atoms with E-state index < -0.39 is 0 Å². The van der Waals surface area contributed by atoms with E-state index in [9.17, 15) is 0 Å². The van der Waals surface area contributed by atoms with E-state index in [-0.39, 0.29) is 24.0 Å². The predicted octanol–water partition coefficient (Wildman–Crippen LogP) is 4.24. The highest BCUT2D eigenvalue weighted by molar-refractivity contribution is 14.0. The van der Waals surface area contributed by atoms with Gasteiger partial charge in [0.25, 0.3) is 0 Å². The van der Waals surface area contributed by atoms with Crippen molar-refractivity contribution >= 4 is 40.8 Å². The summed E-state index contributed by atoms with van der Waals surface area (Å²) < 4.78 is 2.19. The molecule has 0 radical (unpaired) electrons. The fourth-order valence-corrected chi connectivity index (χ4v) is 3.51. The lowest BCUT2D eigenvalue weighted by molar-refractivity contribution is 0.507. The second-order valence-electron chi connectivity index (χ2n) is 7.54. The Hall–Kier alpha value is -2.03. The molecule has 7 heteroatoms. The average molecular weight is 508 g/mol. The highest BCUT2D eigenvalue weighted by Crippen LogP contribution is 2.21. The van der Waals surface area contributed by atoms with Crippen molar-refractivity contribution in [2.45, 2.75) is 47.2 Å². The first-order chi connectivity index (χ1) is 13.6. The Labute approximate surface area is 190 Å². The zero-order valence-corrected chi connectivity index (χ0v) is 20.2. The Morgan fingerprint density at radius 2 is 2.03 bits per heavy atom. The van der Waals surface area contributed by atoms with Crippen molar-refractivity contribution in [2.75, 3.05) is 13.1 Å². The van der Waals surface area contributed by atoms with Crippen molar-refractivity contribution in [3.8, 4) is 0 Å². The van der Waals surface area contributed by atoms with Crippen LogP contribution in [0, 0.1) is 12.8 Å². The maximum atomic E-state index is 4.73. The molecule has 29 heavy (non-hydrogen) atoms. The molecule has 3 N–H and O–H groups in total. The molecule has 0 spiro atoms. The van der Waals surface area contributed by atoms with E-state index in [0.717, 1.165) is 37.8 Å². The van der Waals surface area contributed by atoms with Crippen LogP contribution in [0.2, 0.25) is 0 Å². The van der Waals surface area contributed by atoms with Gasteiger partial charge >= 0.3 is 0 Å². The Morgan fingerprint density at radius 1 is 1.24 bits per heavy atom. The van der Waals surface area contributed by atoms with E-state index in [0.29, 0.717) is 12.5 Å². The van der Waals surface area contributed by atoms with Gasteiger partial charge in [0.1, 0.15) is 12.4 Å². The first-order valence-corrected chi connectivity index (χ1v) is 10.2. The third-order valence-corrected chi connectivity index (χ3v) is 4.78. The Balaban J connectivity index is 0.00000300. The van der Waals surface area contributed by atoms with Crippen molar-refractivity contribution in [3.63, 3.8) is 0 Å². The lowest BCUT2D eigenvalue weighted by atomic mass is 10.1. The van der Waals surface area contributed by atoms with E-state index in [4.69, 9.17) is 4.99 Å². The molecule has 6 nitrogen and oxygen atoms in total. The quantitative estimate of drug-likeness (QED) is 0.242. The minimum absolute atomic E-state index is 0. The first kappa shape index (κ1) is 23.3. The van der Waals surface area contributed by atoms with E-state index in [1.165, 1.54) is 22.2 Å². The van der Waals surface area contributed by atoms with Gasteiger partial charge in [-0.05, 0) is 37.8 Å². The molecule has 3 aromatic rings. The molecule has 0 saturated carbocycles. The summed E-state index contributed by atoms with van der Waals surface area (Å²) in [5, 5.41) is 8.10. The van der Waals surface area contributed by atoms with Crippen molar-refractivity contribution in [1.29, 1.82) is 0 Å². The number of imidazole rings is 1. The summed E-state index contributed by atoms with van der Waals surface area (Å²) in [6.45, 7) is 11.9. The molecule has 0 amide bonds. The third kappa shape index (κ3) is 6.22. The molecule has 0 aliphatic carbocycles. The molecule has 2 aromatic heterocycles. The first-order valence-electron chi connectivity index (χ1n) is 10.2. The van der Waals surface area contributed by atoms with E-state index in [1.807, 2.05) is 12.4 Å². The summed E-state index contributed by atoms with van der Waals surface area (Å²) >= 11 is 0. The molecule has 3 rings (SSSR count). The largest absolute Gasteiger partial charge is 0.358 e. The van der Waals surface area contributed by atoms with Crippen molar-refractivity contribution in [3.05, 3.63) is 53.7 Å². The minimum atomic E-state index is 0. The maximum Gasteiger partial charge on any atom is 0.191 e. The Kier molecular flexibility index (Phi) is 9.00. The van der Waals surface area contributed by atoms with Gasteiger partial charge in [0, 0.05) is 48.6 Å². The fourth-order valence-electron chi connectivity index (χ4n) is 3.51. The second kappa shape index (κ2) is 11.2. The summed E-state index contributed by atoms with van der Waals surface area (Å²) in [4.78, 5) is 12.7. The van der Waals surface area contributed by atoms with Gasteiger partial charge in [-0.1, -0.05) is 32.0 Å². The standard InChI is InChI=1S/C22H32N6.HI/c1-5-23-22(26-14-21-24-12-13-28(21)15-16(2)3)25-11-10-18-17(4)27-20-9-7-6-8-19(18)20;/h6-9,12-13,16,27H,5,10-11,14-15H2,1-4H3,(H2,23,25,26);1H. The van der Waals surface area contributed by atoms with Gasteiger partial charge in [-0.3, -0.25) is 0 Å². The van der Waals surface area contributed by atoms with Gasteiger partial charge in [0.2, 0.25) is 0 Å². The average Bonchev–Trinajstić information content (AvgIpc) is 3.23. The molecule has 0 saturated heterocycles. The van der Waals surface area contributed by atoms with Crippen LogP contribution in [0.4, 0.5) is 0 Å². The number of H-pyrrole nitrogens is 1. The monoisotopic (exact) mass is 508 g/mol. The minimum Gasteiger partial charge on any atom is -0.358 e. The lowest BCUT2D eigenvalue weighted by Crippen LogP contribution is -2.38. The molecule has 0 bridgehead atoms. The number of aryl methyl sites for hydroxylation is 1. The Morgan fingerprint density at radius 3 is 2.79 bits per heavy atom. The Bertz CT molecular complexity index is 924. The number of nitrogens with one attached hydrogen (secondary N) is 3. The topological polar surface area (TPSA) is 70.0 Å². The van der Waals surface area contributed by atoms with Gasteiger partial charge in [-0.15, -0.1) is 24.0 Å². The summed E-state index contributed by atoms with van der Waals surface area (Å²) in [6.07, 6.45) is 4.83. The number of guanidine groups is 1. The number of fused-ring (bicyclic) bond motifs is 1. The van der Waals surface area contributed by atoms with Crippen LogP contribution >= 0.6 is 24.0 Å².